The molecule has 1 amide bonds. The Labute approximate surface area is 139 Å². The van der Waals surface area contributed by atoms with Crippen molar-refractivity contribution in [1.29, 1.82) is 0 Å². The molecule has 2 aromatic rings. The predicted octanol–water partition coefficient (Wildman–Crippen LogP) is 1.77. The van der Waals surface area contributed by atoms with Crippen LogP contribution in [0.5, 0.6) is 5.75 Å². The minimum atomic E-state index is -0.668. The molecular formula is C17H21N3O4. The van der Waals surface area contributed by atoms with Crippen LogP contribution in [0.2, 0.25) is 0 Å². The molecule has 24 heavy (non-hydrogen) atoms. The van der Waals surface area contributed by atoms with Gasteiger partial charge in [-0.3, -0.25) is 14.6 Å². The average molecular weight is 331 g/mol. The van der Waals surface area contributed by atoms with Crippen molar-refractivity contribution in [2.45, 2.75) is 32.6 Å². The van der Waals surface area contributed by atoms with E-state index in [1.807, 2.05) is 29.2 Å². The number of ether oxygens (including phenoxy) is 1. The van der Waals surface area contributed by atoms with Gasteiger partial charge in [0.1, 0.15) is 11.4 Å². The van der Waals surface area contributed by atoms with Gasteiger partial charge in [-0.25, -0.2) is 4.79 Å². The number of aromatic amines is 2. The zero-order valence-corrected chi connectivity index (χ0v) is 13.9. The Kier molecular flexibility index (Phi) is 5.23. The van der Waals surface area contributed by atoms with Gasteiger partial charge in [-0.15, -0.1) is 0 Å². The Morgan fingerprint density at radius 1 is 1.21 bits per heavy atom. The minimum absolute atomic E-state index is 0.0387. The first-order chi connectivity index (χ1) is 11.3. The Morgan fingerprint density at radius 3 is 2.46 bits per heavy atom. The van der Waals surface area contributed by atoms with Gasteiger partial charge >= 0.3 is 5.69 Å². The summed E-state index contributed by atoms with van der Waals surface area (Å²) in [4.78, 5) is 38.5. The summed E-state index contributed by atoms with van der Waals surface area (Å²) in [6.45, 7) is 6.22. The molecule has 0 atom stereocenters. The third-order valence-corrected chi connectivity index (χ3v) is 3.98. The Morgan fingerprint density at radius 2 is 1.88 bits per heavy atom. The molecule has 2 rings (SSSR count). The summed E-state index contributed by atoms with van der Waals surface area (Å²) >= 11 is 0. The van der Waals surface area contributed by atoms with Crippen LogP contribution in [0.1, 0.15) is 32.8 Å². The van der Waals surface area contributed by atoms with Crippen LogP contribution in [0, 0.1) is 0 Å². The number of nitrogens with one attached hydrogen (secondary N) is 3. The van der Waals surface area contributed by atoms with E-state index in [9.17, 15) is 14.4 Å². The second-order valence-electron chi connectivity index (χ2n) is 6.08. The molecule has 0 aliphatic heterocycles. The van der Waals surface area contributed by atoms with Crippen LogP contribution < -0.4 is 21.3 Å². The van der Waals surface area contributed by atoms with Crippen LogP contribution in [0.15, 0.2) is 40.1 Å². The number of carbonyl (C=O) groups is 1. The maximum atomic E-state index is 11.8. The zero-order valence-electron chi connectivity index (χ0n) is 13.9. The number of hydrogen-bond acceptors (Lipinski definition) is 4. The van der Waals surface area contributed by atoms with Crippen molar-refractivity contribution >= 4 is 11.6 Å². The standard InChI is InChI=1S/C17H21N3O4/c1-4-17(2,3)11-5-7-12(8-6-11)24-10-14(21)19-13-9-18-16(23)20-15(13)22/h5-9H,4,10H2,1-3H3,(H,19,21)(H2,18,20,22,23). The quantitative estimate of drug-likeness (QED) is 0.750. The first-order valence-electron chi connectivity index (χ1n) is 7.67. The van der Waals surface area contributed by atoms with Gasteiger partial charge in [-0.05, 0) is 29.5 Å². The first-order valence-corrected chi connectivity index (χ1v) is 7.67. The molecule has 0 spiro atoms. The van der Waals surface area contributed by atoms with Crippen molar-refractivity contribution in [3.05, 3.63) is 56.9 Å². The molecule has 1 aromatic heterocycles. The molecule has 1 aromatic carbocycles. The van der Waals surface area contributed by atoms with Gasteiger partial charge in [0.25, 0.3) is 11.5 Å². The number of H-pyrrole nitrogens is 2. The number of aromatic nitrogens is 2. The monoisotopic (exact) mass is 331 g/mol. The molecule has 0 fully saturated rings. The molecule has 7 nitrogen and oxygen atoms in total. The number of benzene rings is 1. The summed E-state index contributed by atoms with van der Waals surface area (Å²) in [5, 5.41) is 2.37. The molecule has 0 bridgehead atoms. The van der Waals surface area contributed by atoms with Crippen LogP contribution in [0.3, 0.4) is 0 Å². The van der Waals surface area contributed by atoms with E-state index in [4.69, 9.17) is 4.74 Å². The van der Waals surface area contributed by atoms with E-state index < -0.39 is 17.2 Å². The maximum absolute atomic E-state index is 11.8. The van der Waals surface area contributed by atoms with Crippen LogP contribution in [-0.2, 0) is 10.2 Å². The van der Waals surface area contributed by atoms with Gasteiger partial charge in [0.2, 0.25) is 0 Å². The normalized spacial score (nSPS) is 11.1. The average Bonchev–Trinajstić information content (AvgIpc) is 2.56. The van der Waals surface area contributed by atoms with Crippen molar-refractivity contribution in [3.63, 3.8) is 0 Å². The minimum Gasteiger partial charge on any atom is -0.484 e. The summed E-state index contributed by atoms with van der Waals surface area (Å²) < 4.78 is 5.41. The lowest BCUT2D eigenvalue weighted by Crippen LogP contribution is -2.28. The van der Waals surface area contributed by atoms with Gasteiger partial charge in [0.05, 0.1) is 0 Å². The lowest BCUT2D eigenvalue weighted by Gasteiger charge is -2.23. The van der Waals surface area contributed by atoms with Gasteiger partial charge < -0.3 is 15.0 Å². The SMILES string of the molecule is CCC(C)(C)c1ccc(OCC(=O)Nc2c[nH]c(=O)[nH]c2=O)cc1. The summed E-state index contributed by atoms with van der Waals surface area (Å²) in [6, 6.07) is 7.58. The van der Waals surface area contributed by atoms with E-state index in [1.54, 1.807) is 0 Å². The molecule has 0 saturated carbocycles. The third-order valence-electron chi connectivity index (χ3n) is 3.98. The molecular weight excluding hydrogens is 310 g/mol. The van der Waals surface area contributed by atoms with E-state index >= 15 is 0 Å². The number of rotatable bonds is 6. The van der Waals surface area contributed by atoms with Crippen molar-refractivity contribution in [2.75, 3.05) is 11.9 Å². The smallest absolute Gasteiger partial charge is 0.325 e. The molecule has 7 heteroatoms. The lowest BCUT2D eigenvalue weighted by molar-refractivity contribution is -0.118. The molecule has 0 aliphatic rings. The van der Waals surface area contributed by atoms with Crippen molar-refractivity contribution in [2.24, 2.45) is 0 Å². The Bertz CT molecular complexity index is 819. The number of hydrogen-bond donors (Lipinski definition) is 3. The van der Waals surface area contributed by atoms with Crippen molar-refractivity contribution < 1.29 is 9.53 Å². The maximum Gasteiger partial charge on any atom is 0.325 e. The Hall–Kier alpha value is -2.83. The molecule has 128 valence electrons. The van der Waals surface area contributed by atoms with E-state index in [-0.39, 0.29) is 17.7 Å². The van der Waals surface area contributed by atoms with Crippen LogP contribution >= 0.6 is 0 Å². The summed E-state index contributed by atoms with van der Waals surface area (Å²) in [7, 11) is 0. The molecule has 0 aliphatic carbocycles. The van der Waals surface area contributed by atoms with E-state index in [2.05, 4.69) is 31.1 Å². The van der Waals surface area contributed by atoms with Gasteiger partial charge in [-0.1, -0.05) is 32.9 Å². The molecule has 3 N–H and O–H groups in total. The van der Waals surface area contributed by atoms with Gasteiger partial charge in [0, 0.05) is 6.20 Å². The van der Waals surface area contributed by atoms with Gasteiger partial charge in [0.15, 0.2) is 6.61 Å². The predicted molar refractivity (Wildman–Crippen MR) is 91.6 cm³/mol. The Balaban J connectivity index is 1.94. The number of amides is 1. The summed E-state index contributed by atoms with van der Waals surface area (Å²) in [5.41, 5.74) is -0.0614. The second-order valence-corrected chi connectivity index (χ2v) is 6.08. The van der Waals surface area contributed by atoms with Crippen LogP contribution in [0.4, 0.5) is 5.69 Å². The molecule has 0 unspecified atom stereocenters. The van der Waals surface area contributed by atoms with Crippen LogP contribution in [0.25, 0.3) is 0 Å². The lowest BCUT2D eigenvalue weighted by atomic mass is 9.82. The largest absolute Gasteiger partial charge is 0.484 e. The fourth-order valence-corrected chi connectivity index (χ4v) is 2.04. The first kappa shape index (κ1) is 17.5. The number of carbonyl (C=O) groups excluding carboxylic acids is 1. The van der Waals surface area contributed by atoms with Crippen LogP contribution in [-0.4, -0.2) is 22.5 Å². The zero-order chi connectivity index (χ0) is 17.7. The highest BCUT2D eigenvalue weighted by molar-refractivity contribution is 5.91. The fraction of sp³-hybridized carbons (Fsp3) is 0.353. The molecule has 0 radical (unpaired) electrons. The molecule has 1 heterocycles. The van der Waals surface area contributed by atoms with E-state index in [0.717, 1.165) is 12.6 Å². The highest BCUT2D eigenvalue weighted by Crippen LogP contribution is 2.27. The van der Waals surface area contributed by atoms with Crippen molar-refractivity contribution in [1.82, 2.24) is 9.97 Å². The highest BCUT2D eigenvalue weighted by atomic mass is 16.5. The number of anilines is 1. The van der Waals surface area contributed by atoms with Gasteiger partial charge in [-0.2, -0.15) is 0 Å². The van der Waals surface area contributed by atoms with E-state index in [0.29, 0.717) is 5.75 Å². The molecule has 0 saturated heterocycles. The third kappa shape index (κ3) is 4.34. The topological polar surface area (TPSA) is 104 Å². The highest BCUT2D eigenvalue weighted by Gasteiger charge is 2.17. The van der Waals surface area contributed by atoms with E-state index in [1.165, 1.54) is 5.56 Å². The fourth-order valence-electron chi connectivity index (χ4n) is 2.04. The second kappa shape index (κ2) is 7.16. The van der Waals surface area contributed by atoms with Crippen molar-refractivity contribution in [3.8, 4) is 5.75 Å². The summed E-state index contributed by atoms with van der Waals surface area (Å²) in [6.07, 6.45) is 2.16. The summed E-state index contributed by atoms with van der Waals surface area (Å²) in [5.74, 6) is 0.0710.